The van der Waals surface area contributed by atoms with E-state index in [1.807, 2.05) is 36.4 Å². The van der Waals surface area contributed by atoms with Gasteiger partial charge in [0.1, 0.15) is 18.1 Å². The first-order valence-electron chi connectivity index (χ1n) is 11.0. The summed E-state index contributed by atoms with van der Waals surface area (Å²) in [4.78, 5) is 20.8. The fraction of sp³-hybridized carbons (Fsp3) is 0.400. The van der Waals surface area contributed by atoms with Crippen LogP contribution in [-0.4, -0.2) is 60.6 Å². The SMILES string of the molecule is COc1ccc2[nH]c3c(c2c1)CCN(C(C)=O)C31CCN(CCOc2ccccc2)C1. The molecule has 0 aliphatic carbocycles. The molecule has 5 rings (SSSR count). The van der Waals surface area contributed by atoms with Gasteiger partial charge in [-0.1, -0.05) is 18.2 Å². The predicted octanol–water partition coefficient (Wildman–Crippen LogP) is 3.56. The number of hydrogen-bond donors (Lipinski definition) is 1. The molecule has 2 aliphatic heterocycles. The van der Waals surface area contributed by atoms with E-state index in [4.69, 9.17) is 9.47 Å². The third-order valence-corrected chi connectivity index (χ3v) is 6.81. The van der Waals surface area contributed by atoms with Crippen LogP contribution in [0.25, 0.3) is 10.9 Å². The summed E-state index contributed by atoms with van der Waals surface area (Å²) in [6.45, 7) is 5.69. The smallest absolute Gasteiger partial charge is 0.220 e. The molecule has 3 aromatic rings. The van der Waals surface area contributed by atoms with Gasteiger partial charge in [0.15, 0.2) is 0 Å². The number of carbonyl (C=O) groups is 1. The number of benzene rings is 2. The van der Waals surface area contributed by atoms with Crippen LogP contribution in [0.3, 0.4) is 0 Å². The van der Waals surface area contributed by atoms with E-state index in [0.29, 0.717) is 6.61 Å². The average Bonchev–Trinajstić information content (AvgIpc) is 3.37. The standard InChI is InChI=1S/C25H29N3O3/c1-18(29)28-12-10-21-22-16-20(30-2)8-9-23(22)26-24(21)25(28)11-13-27(17-25)14-15-31-19-6-4-3-5-7-19/h3-9,16,26H,10-15,17H2,1-2H3. The molecule has 31 heavy (non-hydrogen) atoms. The third kappa shape index (κ3) is 3.45. The van der Waals surface area contributed by atoms with Crippen molar-refractivity contribution in [2.75, 3.05) is 39.9 Å². The maximum Gasteiger partial charge on any atom is 0.220 e. The van der Waals surface area contributed by atoms with Crippen LogP contribution in [0, 0.1) is 0 Å². The second kappa shape index (κ2) is 7.93. The zero-order chi connectivity index (χ0) is 21.4. The minimum absolute atomic E-state index is 0.143. The highest BCUT2D eigenvalue weighted by Crippen LogP contribution is 2.45. The second-order valence-electron chi connectivity index (χ2n) is 8.53. The summed E-state index contributed by atoms with van der Waals surface area (Å²) in [5.41, 5.74) is 3.33. The minimum atomic E-state index is -0.307. The Balaban J connectivity index is 1.42. The molecule has 1 fully saturated rings. The molecule has 1 aromatic heterocycles. The number of nitrogens with one attached hydrogen (secondary N) is 1. The van der Waals surface area contributed by atoms with E-state index in [1.165, 1.54) is 16.6 Å². The van der Waals surface area contributed by atoms with Gasteiger partial charge in [-0.25, -0.2) is 0 Å². The summed E-state index contributed by atoms with van der Waals surface area (Å²) in [6, 6.07) is 16.1. The van der Waals surface area contributed by atoms with Gasteiger partial charge in [-0.3, -0.25) is 9.69 Å². The van der Waals surface area contributed by atoms with Crippen molar-refractivity contribution in [3.8, 4) is 11.5 Å². The Hall–Kier alpha value is -2.99. The van der Waals surface area contributed by atoms with Crippen LogP contribution in [0.1, 0.15) is 24.6 Å². The minimum Gasteiger partial charge on any atom is -0.497 e. The molecule has 2 aliphatic rings. The van der Waals surface area contributed by atoms with E-state index in [9.17, 15) is 4.79 Å². The van der Waals surface area contributed by atoms with Gasteiger partial charge in [-0.2, -0.15) is 0 Å². The van der Waals surface area contributed by atoms with Gasteiger partial charge >= 0.3 is 0 Å². The Morgan fingerprint density at radius 1 is 1.13 bits per heavy atom. The van der Waals surface area contributed by atoms with E-state index >= 15 is 0 Å². The number of carbonyl (C=O) groups excluding carboxylic acids is 1. The van der Waals surface area contributed by atoms with Crippen molar-refractivity contribution in [1.82, 2.24) is 14.8 Å². The number of amides is 1. The summed E-state index contributed by atoms with van der Waals surface area (Å²) >= 11 is 0. The van der Waals surface area contributed by atoms with E-state index in [1.54, 1.807) is 14.0 Å². The van der Waals surface area contributed by atoms with E-state index < -0.39 is 0 Å². The molecule has 1 saturated heterocycles. The normalized spacial score (nSPS) is 20.9. The summed E-state index contributed by atoms with van der Waals surface area (Å²) < 4.78 is 11.4. The molecule has 0 saturated carbocycles. The highest BCUT2D eigenvalue weighted by molar-refractivity contribution is 5.87. The van der Waals surface area contributed by atoms with Crippen LogP contribution in [0.5, 0.6) is 11.5 Å². The van der Waals surface area contributed by atoms with Crippen molar-refractivity contribution in [2.45, 2.75) is 25.3 Å². The molecule has 6 heteroatoms. The maximum absolute atomic E-state index is 12.6. The fourth-order valence-electron chi connectivity index (χ4n) is 5.34. The molecule has 3 heterocycles. The van der Waals surface area contributed by atoms with Crippen molar-refractivity contribution in [1.29, 1.82) is 0 Å². The number of hydrogen-bond acceptors (Lipinski definition) is 4. The van der Waals surface area contributed by atoms with Gasteiger partial charge < -0.3 is 19.4 Å². The molecule has 6 nitrogen and oxygen atoms in total. The number of methoxy groups -OCH3 is 1. The van der Waals surface area contributed by atoms with Gasteiger partial charge in [-0.05, 0) is 48.7 Å². The Labute approximate surface area is 182 Å². The van der Waals surface area contributed by atoms with Crippen LogP contribution in [-0.2, 0) is 16.8 Å². The molecular formula is C25H29N3O3. The number of para-hydroxylation sites is 1. The van der Waals surface area contributed by atoms with Crippen LogP contribution >= 0.6 is 0 Å². The number of aromatic amines is 1. The number of fused-ring (bicyclic) bond motifs is 4. The first-order chi connectivity index (χ1) is 15.1. The number of ether oxygens (including phenoxy) is 2. The second-order valence-corrected chi connectivity index (χ2v) is 8.53. The number of rotatable bonds is 5. The molecule has 1 atom stereocenters. The molecule has 162 valence electrons. The van der Waals surface area contributed by atoms with Crippen LogP contribution in [0.15, 0.2) is 48.5 Å². The lowest BCUT2D eigenvalue weighted by atomic mass is 9.84. The number of H-pyrrole nitrogens is 1. The summed E-state index contributed by atoms with van der Waals surface area (Å²) in [7, 11) is 1.70. The first kappa shape index (κ1) is 19.9. The van der Waals surface area contributed by atoms with Crippen LogP contribution in [0.2, 0.25) is 0 Å². The van der Waals surface area contributed by atoms with Gasteiger partial charge in [0.2, 0.25) is 5.91 Å². The zero-order valence-electron chi connectivity index (χ0n) is 18.2. The van der Waals surface area contributed by atoms with Crippen LogP contribution < -0.4 is 9.47 Å². The molecule has 1 amide bonds. The number of likely N-dealkylation sites (tertiary alicyclic amines) is 1. The molecule has 2 aromatic carbocycles. The Morgan fingerprint density at radius 3 is 2.74 bits per heavy atom. The highest BCUT2D eigenvalue weighted by atomic mass is 16.5. The van der Waals surface area contributed by atoms with Crippen molar-refractivity contribution in [2.24, 2.45) is 0 Å². The molecule has 0 bridgehead atoms. The fourth-order valence-corrected chi connectivity index (χ4v) is 5.34. The van der Waals surface area contributed by atoms with Gasteiger partial charge in [0, 0.05) is 49.7 Å². The quantitative estimate of drug-likeness (QED) is 0.687. The lowest BCUT2D eigenvalue weighted by Gasteiger charge is -2.44. The molecule has 1 N–H and O–H groups in total. The lowest BCUT2D eigenvalue weighted by Crippen LogP contribution is -2.54. The summed E-state index contributed by atoms with van der Waals surface area (Å²) in [6.07, 6.45) is 1.79. The third-order valence-electron chi connectivity index (χ3n) is 6.81. The maximum atomic E-state index is 12.6. The van der Waals surface area contributed by atoms with Crippen molar-refractivity contribution in [3.05, 3.63) is 59.8 Å². The molecule has 1 unspecified atom stereocenters. The Kier molecular flexibility index (Phi) is 5.10. The van der Waals surface area contributed by atoms with Crippen LogP contribution in [0.4, 0.5) is 0 Å². The lowest BCUT2D eigenvalue weighted by molar-refractivity contribution is -0.136. The number of aromatic nitrogens is 1. The summed E-state index contributed by atoms with van der Waals surface area (Å²) in [5.74, 6) is 1.90. The summed E-state index contributed by atoms with van der Waals surface area (Å²) in [5, 5.41) is 1.21. The topological polar surface area (TPSA) is 57.8 Å². The van der Waals surface area contributed by atoms with Crippen molar-refractivity contribution < 1.29 is 14.3 Å². The van der Waals surface area contributed by atoms with Crippen molar-refractivity contribution in [3.63, 3.8) is 0 Å². The van der Waals surface area contributed by atoms with Crippen molar-refractivity contribution >= 4 is 16.8 Å². The van der Waals surface area contributed by atoms with E-state index in [2.05, 4.69) is 26.9 Å². The van der Waals surface area contributed by atoms with Gasteiger partial charge in [-0.15, -0.1) is 0 Å². The molecule has 1 spiro atoms. The number of nitrogens with zero attached hydrogens (tertiary/aromatic N) is 2. The molecular weight excluding hydrogens is 390 g/mol. The van der Waals surface area contributed by atoms with Gasteiger partial charge in [0.25, 0.3) is 0 Å². The van der Waals surface area contributed by atoms with E-state index in [0.717, 1.165) is 56.0 Å². The Bertz CT molecular complexity index is 1090. The predicted molar refractivity (Wildman–Crippen MR) is 121 cm³/mol. The monoisotopic (exact) mass is 419 g/mol. The Morgan fingerprint density at radius 2 is 1.97 bits per heavy atom. The highest BCUT2D eigenvalue weighted by Gasteiger charge is 2.50. The molecule has 0 radical (unpaired) electrons. The average molecular weight is 420 g/mol. The largest absolute Gasteiger partial charge is 0.497 e. The van der Waals surface area contributed by atoms with Gasteiger partial charge in [0.05, 0.1) is 12.6 Å². The van der Waals surface area contributed by atoms with E-state index in [-0.39, 0.29) is 11.4 Å². The zero-order valence-corrected chi connectivity index (χ0v) is 18.2. The first-order valence-corrected chi connectivity index (χ1v) is 11.0.